The number of morpholine rings is 1. The van der Waals surface area contributed by atoms with E-state index in [1.807, 2.05) is 71.1 Å². The number of para-hydroxylation sites is 1. The van der Waals surface area contributed by atoms with Crippen LogP contribution in [-0.4, -0.2) is 65.9 Å². The van der Waals surface area contributed by atoms with Gasteiger partial charge in [-0.05, 0) is 43.7 Å². The Hall–Kier alpha value is -4.00. The molecule has 1 atom stereocenters. The molecule has 0 spiro atoms. The third kappa shape index (κ3) is 6.08. The number of rotatable bonds is 9. The Kier molecular flexibility index (Phi) is 9.57. The Morgan fingerprint density at radius 2 is 1.93 bits per heavy atom. The monoisotopic (exact) mass is 706 g/mol. The molecule has 4 aromatic rings. The number of ether oxygens (including phenoxy) is 3. The number of allylic oxidation sites excluding steroid dienone is 1. The van der Waals surface area contributed by atoms with Crippen molar-refractivity contribution in [2.24, 2.45) is 4.99 Å². The van der Waals surface area contributed by atoms with Gasteiger partial charge in [0.05, 0.1) is 42.7 Å². The molecule has 2 aliphatic heterocycles. The molecule has 0 bridgehead atoms. The van der Waals surface area contributed by atoms with Gasteiger partial charge in [0.25, 0.3) is 5.56 Å². The molecule has 6 rings (SSSR count). The number of hydrogen-bond acceptors (Lipinski definition) is 8. The van der Waals surface area contributed by atoms with E-state index in [4.69, 9.17) is 19.2 Å². The molecular formula is C34H35BrN4O6S. The van der Waals surface area contributed by atoms with Gasteiger partial charge in [-0.1, -0.05) is 58.8 Å². The van der Waals surface area contributed by atoms with Gasteiger partial charge in [-0.15, -0.1) is 0 Å². The lowest BCUT2D eigenvalue weighted by Crippen LogP contribution is -2.42. The smallest absolute Gasteiger partial charge is 0.338 e. The molecule has 0 radical (unpaired) electrons. The number of hydrogen-bond donors (Lipinski definition) is 0. The highest BCUT2D eigenvalue weighted by Crippen LogP contribution is 2.38. The molecule has 1 saturated heterocycles. The maximum atomic E-state index is 14.4. The van der Waals surface area contributed by atoms with Crippen LogP contribution in [0.2, 0.25) is 0 Å². The van der Waals surface area contributed by atoms with Crippen molar-refractivity contribution in [1.82, 2.24) is 14.0 Å². The minimum atomic E-state index is -0.807. The first kappa shape index (κ1) is 32.0. The first-order chi connectivity index (χ1) is 22.3. The minimum Gasteiger partial charge on any atom is -0.496 e. The maximum absolute atomic E-state index is 14.4. The number of fused-ring (bicyclic) bond motifs is 2. The maximum Gasteiger partial charge on any atom is 0.338 e. The zero-order chi connectivity index (χ0) is 32.4. The lowest BCUT2D eigenvalue weighted by Gasteiger charge is -2.27. The third-order valence-corrected chi connectivity index (χ3v) is 9.63. The predicted octanol–water partition coefficient (Wildman–Crippen LogP) is 4.16. The van der Waals surface area contributed by atoms with Crippen LogP contribution in [0.1, 0.15) is 43.9 Å². The largest absolute Gasteiger partial charge is 0.496 e. The normalized spacial score (nSPS) is 16.8. The molecule has 10 nitrogen and oxygen atoms in total. The molecular weight excluding hydrogens is 672 g/mol. The lowest BCUT2D eigenvalue weighted by atomic mass is 9.93. The average molecular weight is 708 g/mol. The molecule has 240 valence electrons. The van der Waals surface area contributed by atoms with E-state index in [9.17, 15) is 14.4 Å². The van der Waals surface area contributed by atoms with Crippen LogP contribution in [0.3, 0.4) is 0 Å². The molecule has 4 heterocycles. The van der Waals surface area contributed by atoms with Gasteiger partial charge in [-0.2, -0.15) is 0 Å². The summed E-state index contributed by atoms with van der Waals surface area (Å²) in [6, 6.07) is 12.6. The highest BCUT2D eigenvalue weighted by Gasteiger charge is 2.36. The van der Waals surface area contributed by atoms with Crippen LogP contribution in [0.25, 0.3) is 17.0 Å². The summed E-state index contributed by atoms with van der Waals surface area (Å²) in [5, 5.41) is 0.923. The summed E-state index contributed by atoms with van der Waals surface area (Å²) in [4.78, 5) is 48.3. The average Bonchev–Trinajstić information content (AvgIpc) is 3.57. The van der Waals surface area contributed by atoms with E-state index in [0.29, 0.717) is 64.6 Å². The molecule has 0 aliphatic carbocycles. The Morgan fingerprint density at radius 1 is 1.15 bits per heavy atom. The van der Waals surface area contributed by atoms with Gasteiger partial charge in [0.15, 0.2) is 4.80 Å². The molecule has 1 amide bonds. The number of halogens is 1. The molecule has 2 aliphatic rings. The van der Waals surface area contributed by atoms with E-state index in [1.54, 1.807) is 18.6 Å². The first-order valence-corrected chi connectivity index (χ1v) is 16.9. The van der Waals surface area contributed by atoms with Gasteiger partial charge in [0.1, 0.15) is 18.3 Å². The quantitative estimate of drug-likeness (QED) is 0.242. The number of methoxy groups -OCH3 is 1. The molecule has 2 aromatic heterocycles. The van der Waals surface area contributed by atoms with Crippen LogP contribution >= 0.6 is 27.3 Å². The Labute approximate surface area is 278 Å². The van der Waals surface area contributed by atoms with Crippen LogP contribution in [-0.2, 0) is 25.6 Å². The Bertz CT molecular complexity index is 2020. The van der Waals surface area contributed by atoms with Crippen molar-refractivity contribution in [2.45, 2.75) is 39.3 Å². The van der Waals surface area contributed by atoms with Crippen LogP contribution in [0.4, 0.5) is 0 Å². The number of carbonyl (C=O) groups excluding carboxylic acids is 2. The third-order valence-electron chi connectivity index (χ3n) is 8.15. The second kappa shape index (κ2) is 13.8. The molecule has 0 unspecified atom stereocenters. The number of nitrogens with zero attached hydrogens (tertiary/aromatic N) is 4. The number of carbonyl (C=O) groups is 2. The van der Waals surface area contributed by atoms with Crippen molar-refractivity contribution in [1.29, 1.82) is 0 Å². The number of amides is 1. The van der Waals surface area contributed by atoms with Crippen LogP contribution in [0, 0.1) is 0 Å². The summed E-state index contributed by atoms with van der Waals surface area (Å²) in [7, 11) is 1.57. The summed E-state index contributed by atoms with van der Waals surface area (Å²) in [5.74, 6) is 0.0484. The molecule has 12 heteroatoms. The number of benzene rings is 2. The predicted molar refractivity (Wildman–Crippen MR) is 180 cm³/mol. The van der Waals surface area contributed by atoms with Crippen molar-refractivity contribution in [3.05, 3.63) is 95.2 Å². The number of thiazole rings is 1. The Morgan fingerprint density at radius 3 is 2.67 bits per heavy atom. The van der Waals surface area contributed by atoms with E-state index >= 15 is 0 Å². The van der Waals surface area contributed by atoms with Crippen LogP contribution in [0.5, 0.6) is 5.75 Å². The van der Waals surface area contributed by atoms with Gasteiger partial charge < -0.3 is 23.7 Å². The van der Waals surface area contributed by atoms with E-state index in [-0.39, 0.29) is 24.6 Å². The summed E-state index contributed by atoms with van der Waals surface area (Å²) in [5.41, 5.74) is 3.00. The summed E-state index contributed by atoms with van der Waals surface area (Å²) >= 11 is 4.84. The molecule has 1 fully saturated rings. The van der Waals surface area contributed by atoms with E-state index in [1.165, 1.54) is 11.3 Å². The van der Waals surface area contributed by atoms with Crippen LogP contribution < -0.4 is 19.6 Å². The van der Waals surface area contributed by atoms with Gasteiger partial charge in [0.2, 0.25) is 5.91 Å². The summed E-state index contributed by atoms with van der Waals surface area (Å²) < 4.78 is 21.4. The molecule has 2 aromatic carbocycles. The van der Waals surface area contributed by atoms with Gasteiger partial charge >= 0.3 is 5.97 Å². The number of esters is 1. The van der Waals surface area contributed by atoms with Crippen molar-refractivity contribution >= 4 is 56.1 Å². The van der Waals surface area contributed by atoms with Crippen molar-refractivity contribution in [3.8, 4) is 5.75 Å². The van der Waals surface area contributed by atoms with E-state index in [0.717, 1.165) is 27.4 Å². The topological polar surface area (TPSA) is 104 Å². The van der Waals surface area contributed by atoms with E-state index < -0.39 is 12.0 Å². The van der Waals surface area contributed by atoms with Crippen LogP contribution in [0.15, 0.2) is 74.2 Å². The highest BCUT2D eigenvalue weighted by atomic mass is 79.9. The van der Waals surface area contributed by atoms with Crippen molar-refractivity contribution in [3.63, 3.8) is 0 Å². The molecule has 0 N–H and O–H groups in total. The molecule has 0 saturated carbocycles. The second-order valence-electron chi connectivity index (χ2n) is 11.0. The fourth-order valence-electron chi connectivity index (χ4n) is 6.05. The summed E-state index contributed by atoms with van der Waals surface area (Å²) in [6.07, 6.45) is 5.06. The van der Waals surface area contributed by atoms with E-state index in [2.05, 4.69) is 15.9 Å². The van der Waals surface area contributed by atoms with Crippen molar-refractivity contribution < 1.29 is 23.8 Å². The highest BCUT2D eigenvalue weighted by molar-refractivity contribution is 9.10. The first-order valence-electron chi connectivity index (χ1n) is 15.3. The molecule has 46 heavy (non-hydrogen) atoms. The number of aromatic nitrogens is 2. The standard InChI is InChI=1S/C34H35BrN4O6S/c1-4-8-25-30(33(42)45-5-2)31(24-18-22(35)11-12-27(24)43-3)39-32(41)28(46-34(39)36-25)17-21-19-38(26-10-7-6-9-23(21)26)20-29(40)37-13-15-44-16-14-37/h6-7,9-12,17-19,31H,4-5,8,13-16,20H2,1-3H3/b28-17-/t31-/m0/s1. The second-order valence-corrected chi connectivity index (χ2v) is 12.9. The summed E-state index contributed by atoms with van der Waals surface area (Å²) in [6.45, 7) is 6.37. The fourth-order valence-corrected chi connectivity index (χ4v) is 7.44. The zero-order valence-corrected chi connectivity index (χ0v) is 28.4. The van der Waals surface area contributed by atoms with Gasteiger partial charge in [0, 0.05) is 45.8 Å². The zero-order valence-electron chi connectivity index (χ0n) is 26.0. The SMILES string of the molecule is CCCC1=C(C(=O)OCC)[C@H](c2cc(Br)ccc2OC)n2c(s/c(=C\c3cn(CC(=O)N4CCOCC4)c4ccccc34)c2=O)=N1. The van der Waals surface area contributed by atoms with Gasteiger partial charge in [-0.3, -0.25) is 14.2 Å². The lowest BCUT2D eigenvalue weighted by molar-refractivity contribution is -0.139. The Balaban J connectivity index is 1.52. The van der Waals surface area contributed by atoms with Gasteiger partial charge in [-0.25, -0.2) is 9.79 Å². The van der Waals surface area contributed by atoms with Crippen molar-refractivity contribution in [2.75, 3.05) is 40.0 Å². The fraction of sp³-hybridized carbons (Fsp3) is 0.353. The minimum absolute atomic E-state index is 0.0212.